The van der Waals surface area contributed by atoms with Crippen molar-refractivity contribution in [2.45, 2.75) is 39.0 Å². The molecule has 1 N–H and O–H groups in total. The molecule has 0 radical (unpaired) electrons. The number of carboxylic acids is 1. The van der Waals surface area contributed by atoms with E-state index in [4.69, 9.17) is 4.74 Å². The van der Waals surface area contributed by atoms with Crippen molar-refractivity contribution in [3.63, 3.8) is 0 Å². The van der Waals surface area contributed by atoms with E-state index in [1.54, 1.807) is 6.92 Å². The standard InChI is InChI=1S/C16H26N2O6S/c1-2-24-14(19)12-5-8-17(9-6-12)25(22,23)18-10-13-4-3-7-16(13,11-18)15(20)21/h12-13H,2-11H2,1H3,(H,20,21)/t13-,16+/m0/s1. The summed E-state index contributed by atoms with van der Waals surface area (Å²) in [6.07, 6.45) is 3.04. The van der Waals surface area contributed by atoms with Crippen molar-refractivity contribution in [3.8, 4) is 0 Å². The van der Waals surface area contributed by atoms with Crippen molar-refractivity contribution in [2.75, 3.05) is 32.8 Å². The summed E-state index contributed by atoms with van der Waals surface area (Å²) in [5.41, 5.74) is -0.920. The van der Waals surface area contributed by atoms with Gasteiger partial charge in [-0.1, -0.05) is 6.42 Å². The van der Waals surface area contributed by atoms with Crippen molar-refractivity contribution in [2.24, 2.45) is 17.3 Å². The van der Waals surface area contributed by atoms with E-state index in [2.05, 4.69) is 0 Å². The Labute approximate surface area is 148 Å². The number of esters is 1. The first-order chi connectivity index (χ1) is 11.8. The first-order valence-corrected chi connectivity index (χ1v) is 10.4. The van der Waals surface area contributed by atoms with E-state index in [0.29, 0.717) is 25.9 Å². The van der Waals surface area contributed by atoms with Crippen LogP contribution in [0.5, 0.6) is 0 Å². The van der Waals surface area contributed by atoms with Crippen LogP contribution in [0.1, 0.15) is 39.0 Å². The lowest BCUT2D eigenvalue weighted by molar-refractivity contribution is -0.150. The van der Waals surface area contributed by atoms with Crippen LogP contribution in [-0.2, 0) is 24.5 Å². The summed E-state index contributed by atoms with van der Waals surface area (Å²) in [5.74, 6) is -1.50. The topological polar surface area (TPSA) is 104 Å². The van der Waals surface area contributed by atoms with E-state index in [-0.39, 0.29) is 44.0 Å². The minimum Gasteiger partial charge on any atom is -0.481 e. The molecule has 8 nitrogen and oxygen atoms in total. The van der Waals surface area contributed by atoms with Crippen molar-refractivity contribution < 1.29 is 27.9 Å². The maximum Gasteiger partial charge on any atom is 0.311 e. The highest BCUT2D eigenvalue weighted by Crippen LogP contribution is 2.49. The number of hydrogen-bond acceptors (Lipinski definition) is 5. The number of carbonyl (C=O) groups is 2. The highest BCUT2D eigenvalue weighted by molar-refractivity contribution is 7.86. The van der Waals surface area contributed by atoms with Gasteiger partial charge >= 0.3 is 11.9 Å². The molecule has 9 heteroatoms. The zero-order chi connectivity index (χ0) is 18.2. The highest BCUT2D eigenvalue weighted by atomic mass is 32.2. The molecule has 0 spiro atoms. The average molecular weight is 374 g/mol. The fraction of sp³-hybridized carbons (Fsp3) is 0.875. The van der Waals surface area contributed by atoms with E-state index >= 15 is 0 Å². The summed E-state index contributed by atoms with van der Waals surface area (Å²) in [5, 5.41) is 9.63. The molecule has 2 heterocycles. The van der Waals surface area contributed by atoms with Crippen LogP contribution in [0.15, 0.2) is 0 Å². The molecule has 0 aromatic heterocycles. The van der Waals surface area contributed by atoms with Gasteiger partial charge in [0.15, 0.2) is 0 Å². The van der Waals surface area contributed by atoms with Gasteiger partial charge in [0.2, 0.25) is 0 Å². The van der Waals surface area contributed by atoms with E-state index in [9.17, 15) is 23.1 Å². The van der Waals surface area contributed by atoms with Crippen molar-refractivity contribution >= 4 is 22.1 Å². The Balaban J connectivity index is 1.66. The van der Waals surface area contributed by atoms with E-state index < -0.39 is 21.6 Å². The van der Waals surface area contributed by atoms with Gasteiger partial charge in [-0.05, 0) is 38.5 Å². The van der Waals surface area contributed by atoms with Gasteiger partial charge < -0.3 is 9.84 Å². The van der Waals surface area contributed by atoms with Gasteiger partial charge in [-0.2, -0.15) is 17.0 Å². The van der Waals surface area contributed by atoms with Gasteiger partial charge in [-0.3, -0.25) is 9.59 Å². The normalized spacial score (nSPS) is 31.8. The minimum absolute atomic E-state index is 0.0626. The van der Waals surface area contributed by atoms with Gasteiger partial charge in [-0.15, -0.1) is 0 Å². The van der Waals surface area contributed by atoms with Crippen molar-refractivity contribution in [1.82, 2.24) is 8.61 Å². The van der Waals surface area contributed by atoms with Gasteiger partial charge in [0.05, 0.1) is 17.9 Å². The largest absolute Gasteiger partial charge is 0.481 e. The molecule has 142 valence electrons. The highest BCUT2D eigenvalue weighted by Gasteiger charge is 2.57. The quantitative estimate of drug-likeness (QED) is 0.710. The predicted molar refractivity (Wildman–Crippen MR) is 88.8 cm³/mol. The fourth-order valence-corrected chi connectivity index (χ4v) is 6.27. The molecule has 2 saturated heterocycles. The number of nitrogens with zero attached hydrogens (tertiary/aromatic N) is 2. The van der Waals surface area contributed by atoms with Gasteiger partial charge in [-0.25, -0.2) is 0 Å². The second-order valence-corrected chi connectivity index (χ2v) is 9.20. The third-order valence-electron chi connectivity index (χ3n) is 5.99. The number of hydrogen-bond donors (Lipinski definition) is 1. The third-order valence-corrected chi connectivity index (χ3v) is 7.94. The SMILES string of the molecule is CCOC(=O)C1CCN(S(=O)(=O)N2C[C@@H]3CCC[C@@]3(C(=O)O)C2)CC1. The maximum atomic E-state index is 12.9. The molecule has 3 fully saturated rings. The summed E-state index contributed by atoms with van der Waals surface area (Å²) in [7, 11) is -3.69. The van der Waals surface area contributed by atoms with E-state index in [1.807, 2.05) is 0 Å². The summed E-state index contributed by atoms with van der Waals surface area (Å²) < 4.78 is 33.6. The Kier molecular flexibility index (Phi) is 5.09. The van der Waals surface area contributed by atoms with Gasteiger partial charge in [0.1, 0.15) is 0 Å². The first-order valence-electron chi connectivity index (χ1n) is 8.96. The molecule has 2 atom stereocenters. The summed E-state index contributed by atoms with van der Waals surface area (Å²) in [6.45, 7) is 2.96. The lowest BCUT2D eigenvalue weighted by Crippen LogP contribution is -2.48. The van der Waals surface area contributed by atoms with Crippen LogP contribution in [0.25, 0.3) is 0 Å². The minimum atomic E-state index is -3.69. The van der Waals surface area contributed by atoms with Gasteiger partial charge in [0.25, 0.3) is 10.2 Å². The van der Waals surface area contributed by atoms with Crippen LogP contribution in [0.2, 0.25) is 0 Å². The summed E-state index contributed by atoms with van der Waals surface area (Å²) >= 11 is 0. The first kappa shape index (κ1) is 18.6. The van der Waals surface area contributed by atoms with Crippen molar-refractivity contribution in [3.05, 3.63) is 0 Å². The van der Waals surface area contributed by atoms with Crippen LogP contribution in [-0.4, -0.2) is 66.9 Å². The molecule has 0 aromatic rings. The molecule has 0 bridgehead atoms. The van der Waals surface area contributed by atoms with Crippen LogP contribution in [0, 0.1) is 17.3 Å². The Hall–Kier alpha value is -1.19. The number of fused-ring (bicyclic) bond motifs is 1. The maximum absolute atomic E-state index is 12.9. The Morgan fingerprint density at radius 2 is 1.88 bits per heavy atom. The zero-order valence-electron chi connectivity index (χ0n) is 14.5. The smallest absolute Gasteiger partial charge is 0.311 e. The lowest BCUT2D eigenvalue weighted by Gasteiger charge is -2.33. The molecule has 1 saturated carbocycles. The van der Waals surface area contributed by atoms with E-state index in [1.165, 1.54) is 8.61 Å². The molecular weight excluding hydrogens is 348 g/mol. The average Bonchev–Trinajstić information content (AvgIpc) is 3.14. The molecule has 0 aromatic carbocycles. The molecule has 1 aliphatic carbocycles. The lowest BCUT2D eigenvalue weighted by atomic mass is 9.81. The Morgan fingerprint density at radius 3 is 2.44 bits per heavy atom. The molecule has 2 aliphatic heterocycles. The Bertz CT molecular complexity index is 643. The Morgan fingerprint density at radius 1 is 1.20 bits per heavy atom. The van der Waals surface area contributed by atoms with Gasteiger partial charge in [0, 0.05) is 26.2 Å². The number of rotatable bonds is 5. The molecule has 0 amide bonds. The van der Waals surface area contributed by atoms with Crippen LogP contribution >= 0.6 is 0 Å². The van der Waals surface area contributed by atoms with Crippen LogP contribution in [0.4, 0.5) is 0 Å². The third kappa shape index (κ3) is 3.17. The zero-order valence-corrected chi connectivity index (χ0v) is 15.3. The molecule has 25 heavy (non-hydrogen) atoms. The van der Waals surface area contributed by atoms with Crippen LogP contribution in [0.3, 0.4) is 0 Å². The second-order valence-electron chi connectivity index (χ2n) is 7.28. The van der Waals surface area contributed by atoms with E-state index in [0.717, 1.165) is 12.8 Å². The number of ether oxygens (including phenoxy) is 1. The number of carbonyl (C=O) groups excluding carboxylic acids is 1. The fourth-order valence-electron chi connectivity index (χ4n) is 4.51. The summed E-state index contributed by atoms with van der Waals surface area (Å²) in [6, 6.07) is 0. The van der Waals surface area contributed by atoms with Crippen LogP contribution < -0.4 is 0 Å². The van der Waals surface area contributed by atoms with Crippen molar-refractivity contribution in [1.29, 1.82) is 0 Å². The predicted octanol–water partition coefficient (Wildman–Crippen LogP) is 0.693. The molecule has 3 rings (SSSR count). The monoisotopic (exact) mass is 374 g/mol. The molecule has 0 unspecified atom stereocenters. The second kappa shape index (κ2) is 6.85. The number of carboxylic acid groups (broad SMARTS) is 1. The summed E-state index contributed by atoms with van der Waals surface area (Å²) in [4.78, 5) is 23.5. The molecule has 3 aliphatic rings. The molecular formula is C16H26N2O6S. The number of aliphatic carboxylic acids is 1. The number of piperidine rings is 1.